The highest BCUT2D eigenvalue weighted by molar-refractivity contribution is 5.85. The molecule has 0 radical (unpaired) electrons. The van der Waals surface area contributed by atoms with E-state index in [4.69, 9.17) is 0 Å². The first-order valence-corrected chi connectivity index (χ1v) is 8.47. The molecule has 0 saturated carbocycles. The topological polar surface area (TPSA) is 62.2 Å². The Kier molecular flexibility index (Phi) is 3.88. The molecule has 24 heavy (non-hydrogen) atoms. The van der Waals surface area contributed by atoms with Crippen molar-refractivity contribution in [2.24, 2.45) is 5.41 Å². The second kappa shape index (κ2) is 6.19. The van der Waals surface area contributed by atoms with Crippen LogP contribution in [-0.2, 0) is 11.3 Å². The Hall–Kier alpha value is -2.50. The molecule has 2 fully saturated rings. The Morgan fingerprint density at radius 3 is 2.62 bits per heavy atom. The summed E-state index contributed by atoms with van der Waals surface area (Å²) < 4.78 is 0. The number of hydrogen-bond donors (Lipinski definition) is 0. The van der Waals surface area contributed by atoms with E-state index in [0.717, 1.165) is 50.4 Å². The average Bonchev–Trinajstić information content (AvgIpc) is 2.93. The van der Waals surface area contributed by atoms with Crippen molar-refractivity contribution in [1.82, 2.24) is 19.9 Å². The van der Waals surface area contributed by atoms with Crippen molar-refractivity contribution < 1.29 is 4.79 Å². The minimum absolute atomic E-state index is 0.273. The predicted molar refractivity (Wildman–Crippen MR) is 90.2 cm³/mol. The summed E-state index contributed by atoms with van der Waals surface area (Å²) in [6, 6.07) is 5.77. The van der Waals surface area contributed by atoms with Gasteiger partial charge in [0.1, 0.15) is 0 Å². The summed E-state index contributed by atoms with van der Waals surface area (Å²) in [4.78, 5) is 30.0. The maximum absolute atomic E-state index is 13.1. The van der Waals surface area contributed by atoms with Gasteiger partial charge in [0, 0.05) is 51.0 Å². The lowest BCUT2D eigenvalue weighted by atomic mass is 9.78. The standard InChI is InChI=1S/C18H21N5O/c24-16-18(6-12-22(16)13-15-3-9-19-10-4-15)5-1-11-23(14-18)17-20-7-2-8-21-17/h2-4,7-10H,1,5-6,11-14H2. The largest absolute Gasteiger partial charge is 0.340 e. The number of nitrogens with zero attached hydrogens (tertiary/aromatic N) is 5. The fourth-order valence-electron chi connectivity index (χ4n) is 3.89. The van der Waals surface area contributed by atoms with Crippen molar-refractivity contribution in [2.75, 3.05) is 24.5 Å². The van der Waals surface area contributed by atoms with E-state index in [9.17, 15) is 4.79 Å². The number of pyridine rings is 1. The van der Waals surface area contributed by atoms with E-state index in [1.807, 2.05) is 23.1 Å². The highest BCUT2D eigenvalue weighted by Crippen LogP contribution is 2.41. The van der Waals surface area contributed by atoms with Crippen LogP contribution in [0.25, 0.3) is 0 Å². The number of anilines is 1. The van der Waals surface area contributed by atoms with Crippen LogP contribution >= 0.6 is 0 Å². The van der Waals surface area contributed by atoms with E-state index >= 15 is 0 Å². The summed E-state index contributed by atoms with van der Waals surface area (Å²) in [6.07, 6.45) is 9.96. The first kappa shape index (κ1) is 15.1. The number of likely N-dealkylation sites (tertiary alicyclic amines) is 1. The van der Waals surface area contributed by atoms with Gasteiger partial charge in [-0.25, -0.2) is 9.97 Å². The van der Waals surface area contributed by atoms with Crippen LogP contribution in [0.4, 0.5) is 5.95 Å². The molecule has 2 aromatic rings. The van der Waals surface area contributed by atoms with Crippen LogP contribution in [0.2, 0.25) is 0 Å². The summed E-state index contributed by atoms with van der Waals surface area (Å²) in [5.41, 5.74) is 0.860. The second-order valence-corrected chi connectivity index (χ2v) is 6.69. The number of carbonyl (C=O) groups excluding carboxylic acids is 1. The maximum Gasteiger partial charge on any atom is 0.230 e. The van der Waals surface area contributed by atoms with Crippen molar-refractivity contribution in [3.63, 3.8) is 0 Å². The monoisotopic (exact) mass is 323 g/mol. The number of amides is 1. The zero-order chi connectivity index (χ0) is 16.4. The summed E-state index contributed by atoms with van der Waals surface area (Å²) in [5, 5.41) is 0. The highest BCUT2D eigenvalue weighted by Gasteiger charge is 2.49. The van der Waals surface area contributed by atoms with Crippen molar-refractivity contribution >= 4 is 11.9 Å². The van der Waals surface area contributed by atoms with Crippen LogP contribution < -0.4 is 4.90 Å². The molecule has 0 N–H and O–H groups in total. The SMILES string of the molecule is O=C1N(Cc2ccncc2)CCC12CCCN(c1ncccn1)C2. The molecule has 0 aromatic carbocycles. The van der Waals surface area contributed by atoms with Gasteiger partial charge < -0.3 is 9.80 Å². The molecule has 1 spiro atoms. The molecule has 6 heteroatoms. The van der Waals surface area contributed by atoms with Crippen molar-refractivity contribution in [1.29, 1.82) is 0 Å². The van der Waals surface area contributed by atoms with E-state index in [0.29, 0.717) is 6.54 Å². The highest BCUT2D eigenvalue weighted by atomic mass is 16.2. The van der Waals surface area contributed by atoms with Gasteiger partial charge in [-0.05, 0) is 43.0 Å². The molecule has 4 rings (SSSR count). The molecule has 1 unspecified atom stereocenters. The van der Waals surface area contributed by atoms with Crippen LogP contribution in [0.5, 0.6) is 0 Å². The van der Waals surface area contributed by atoms with Crippen LogP contribution in [0.1, 0.15) is 24.8 Å². The average molecular weight is 323 g/mol. The fraction of sp³-hybridized carbons (Fsp3) is 0.444. The molecule has 124 valence electrons. The van der Waals surface area contributed by atoms with Gasteiger partial charge in [-0.2, -0.15) is 0 Å². The molecule has 1 amide bonds. The van der Waals surface area contributed by atoms with Gasteiger partial charge >= 0.3 is 0 Å². The lowest BCUT2D eigenvalue weighted by Crippen LogP contribution is -2.48. The Labute approximate surface area is 141 Å². The van der Waals surface area contributed by atoms with E-state index in [2.05, 4.69) is 19.9 Å². The number of piperidine rings is 1. The Bertz CT molecular complexity index is 708. The van der Waals surface area contributed by atoms with Crippen LogP contribution in [0.15, 0.2) is 43.0 Å². The van der Waals surface area contributed by atoms with Crippen LogP contribution in [-0.4, -0.2) is 45.4 Å². The predicted octanol–water partition coefficient (Wildman–Crippen LogP) is 1.89. The fourth-order valence-corrected chi connectivity index (χ4v) is 3.89. The molecule has 2 aliphatic heterocycles. The van der Waals surface area contributed by atoms with Gasteiger partial charge in [-0.1, -0.05) is 0 Å². The first-order valence-electron chi connectivity index (χ1n) is 8.47. The van der Waals surface area contributed by atoms with Gasteiger partial charge in [0.25, 0.3) is 0 Å². The minimum atomic E-state index is -0.273. The normalized spacial score (nSPS) is 23.9. The van der Waals surface area contributed by atoms with E-state index in [-0.39, 0.29) is 11.3 Å². The molecule has 4 heterocycles. The Morgan fingerprint density at radius 2 is 1.83 bits per heavy atom. The number of carbonyl (C=O) groups is 1. The molecule has 1 atom stereocenters. The number of aromatic nitrogens is 3. The molecule has 2 aromatic heterocycles. The summed E-state index contributed by atoms with van der Waals surface area (Å²) in [5.74, 6) is 1.01. The Balaban J connectivity index is 1.50. The second-order valence-electron chi connectivity index (χ2n) is 6.69. The van der Waals surface area contributed by atoms with Crippen molar-refractivity contribution in [3.8, 4) is 0 Å². The summed E-state index contributed by atoms with van der Waals surface area (Å²) in [7, 11) is 0. The van der Waals surface area contributed by atoms with Gasteiger partial charge in [-0.15, -0.1) is 0 Å². The van der Waals surface area contributed by atoms with E-state index in [1.165, 1.54) is 0 Å². The van der Waals surface area contributed by atoms with Gasteiger partial charge in [0.2, 0.25) is 11.9 Å². The molecule has 0 aliphatic carbocycles. The zero-order valence-electron chi connectivity index (χ0n) is 13.6. The molecule has 2 aliphatic rings. The van der Waals surface area contributed by atoms with Gasteiger partial charge in [0.05, 0.1) is 5.41 Å². The van der Waals surface area contributed by atoms with E-state index < -0.39 is 0 Å². The third-order valence-electron chi connectivity index (χ3n) is 5.14. The third kappa shape index (κ3) is 2.72. The molecule has 2 saturated heterocycles. The third-order valence-corrected chi connectivity index (χ3v) is 5.14. The van der Waals surface area contributed by atoms with Crippen LogP contribution in [0, 0.1) is 5.41 Å². The van der Waals surface area contributed by atoms with E-state index in [1.54, 1.807) is 24.8 Å². The van der Waals surface area contributed by atoms with Crippen LogP contribution in [0.3, 0.4) is 0 Å². The molecule has 6 nitrogen and oxygen atoms in total. The quantitative estimate of drug-likeness (QED) is 0.863. The maximum atomic E-state index is 13.1. The smallest absolute Gasteiger partial charge is 0.230 e. The minimum Gasteiger partial charge on any atom is -0.340 e. The summed E-state index contributed by atoms with van der Waals surface area (Å²) in [6.45, 7) is 3.14. The lowest BCUT2D eigenvalue weighted by molar-refractivity contribution is -0.137. The summed E-state index contributed by atoms with van der Waals surface area (Å²) >= 11 is 0. The van der Waals surface area contributed by atoms with Crippen molar-refractivity contribution in [2.45, 2.75) is 25.8 Å². The first-order chi connectivity index (χ1) is 11.8. The van der Waals surface area contributed by atoms with Crippen molar-refractivity contribution in [3.05, 3.63) is 48.5 Å². The molecular weight excluding hydrogens is 302 g/mol. The Morgan fingerprint density at radius 1 is 1.04 bits per heavy atom. The number of rotatable bonds is 3. The van der Waals surface area contributed by atoms with Gasteiger partial charge in [-0.3, -0.25) is 9.78 Å². The lowest BCUT2D eigenvalue weighted by Gasteiger charge is -2.39. The number of hydrogen-bond acceptors (Lipinski definition) is 5. The molecule has 0 bridgehead atoms. The zero-order valence-corrected chi connectivity index (χ0v) is 13.6. The molecular formula is C18H21N5O. The van der Waals surface area contributed by atoms with Gasteiger partial charge in [0.15, 0.2) is 0 Å².